The minimum atomic E-state index is -0.515. The van der Waals surface area contributed by atoms with Crippen LogP contribution in [0, 0.1) is 10.1 Å². The van der Waals surface area contributed by atoms with Gasteiger partial charge in [0.05, 0.1) is 16.8 Å². The molecular formula is C10H6BrN3O3. The molecule has 0 amide bonds. The fourth-order valence-corrected chi connectivity index (χ4v) is 1.87. The number of hydrogen-bond acceptors (Lipinski definition) is 4. The molecule has 0 aliphatic heterocycles. The van der Waals surface area contributed by atoms with E-state index in [1.807, 2.05) is 0 Å². The summed E-state index contributed by atoms with van der Waals surface area (Å²) < 4.78 is 0.532. The number of non-ortho nitro benzene ring substituents is 1. The van der Waals surface area contributed by atoms with Crippen molar-refractivity contribution in [1.29, 1.82) is 0 Å². The first-order chi connectivity index (χ1) is 8.08. The summed E-state index contributed by atoms with van der Waals surface area (Å²) in [5.41, 5.74) is 0.308. The number of rotatable bonds is 2. The lowest BCUT2D eigenvalue weighted by Crippen LogP contribution is -2.08. The standard InChI is InChI=1S/C10H6BrN3O3/c11-7-1-6(2-8(3-7)14(16)17)9-4-12-5-13-10(9)15/h1-5H,(H,12,13,15). The number of nitrogens with one attached hydrogen (secondary N) is 1. The van der Waals surface area contributed by atoms with Gasteiger partial charge in [0, 0.05) is 22.8 Å². The van der Waals surface area contributed by atoms with Crippen LogP contribution in [0.5, 0.6) is 0 Å². The van der Waals surface area contributed by atoms with Gasteiger partial charge in [-0.1, -0.05) is 15.9 Å². The van der Waals surface area contributed by atoms with Gasteiger partial charge in [0.15, 0.2) is 0 Å². The van der Waals surface area contributed by atoms with Crippen LogP contribution >= 0.6 is 15.9 Å². The molecule has 2 rings (SSSR count). The number of benzene rings is 1. The maximum absolute atomic E-state index is 11.5. The molecule has 7 heteroatoms. The Bertz CT molecular complexity index is 639. The van der Waals surface area contributed by atoms with Gasteiger partial charge in [-0.15, -0.1) is 0 Å². The predicted octanol–water partition coefficient (Wildman–Crippen LogP) is 2.11. The first-order valence-corrected chi connectivity index (χ1v) is 5.35. The molecule has 86 valence electrons. The fraction of sp³-hybridized carbons (Fsp3) is 0. The quantitative estimate of drug-likeness (QED) is 0.679. The van der Waals surface area contributed by atoms with Gasteiger partial charge in [0.1, 0.15) is 0 Å². The number of nitrogens with zero attached hydrogens (tertiary/aromatic N) is 2. The smallest absolute Gasteiger partial charge is 0.271 e. The van der Waals surface area contributed by atoms with Crippen molar-refractivity contribution in [1.82, 2.24) is 9.97 Å². The third-order valence-corrected chi connectivity index (χ3v) is 2.58. The number of aromatic nitrogens is 2. The van der Waals surface area contributed by atoms with Crippen molar-refractivity contribution < 1.29 is 4.92 Å². The number of hydrogen-bond donors (Lipinski definition) is 1. The van der Waals surface area contributed by atoms with E-state index in [0.717, 1.165) is 0 Å². The molecule has 1 aromatic carbocycles. The summed E-state index contributed by atoms with van der Waals surface area (Å²) in [6.07, 6.45) is 2.63. The molecule has 1 heterocycles. The summed E-state index contributed by atoms with van der Waals surface area (Å²) in [6, 6.07) is 4.32. The summed E-state index contributed by atoms with van der Waals surface area (Å²) in [5, 5.41) is 10.7. The van der Waals surface area contributed by atoms with E-state index in [0.29, 0.717) is 10.0 Å². The first-order valence-electron chi connectivity index (χ1n) is 4.56. The molecule has 0 bridgehead atoms. The van der Waals surface area contributed by atoms with Gasteiger partial charge in [0.2, 0.25) is 0 Å². The van der Waals surface area contributed by atoms with Crippen molar-refractivity contribution in [3.05, 3.63) is 55.7 Å². The Hall–Kier alpha value is -2.02. The van der Waals surface area contributed by atoms with Gasteiger partial charge in [-0.3, -0.25) is 14.9 Å². The Balaban J connectivity index is 2.64. The number of halogens is 1. The van der Waals surface area contributed by atoms with Crippen molar-refractivity contribution in [3.8, 4) is 11.1 Å². The molecule has 0 fully saturated rings. The largest absolute Gasteiger partial charge is 0.313 e. The Morgan fingerprint density at radius 1 is 1.35 bits per heavy atom. The van der Waals surface area contributed by atoms with E-state index in [4.69, 9.17) is 0 Å². The second-order valence-electron chi connectivity index (χ2n) is 3.25. The lowest BCUT2D eigenvalue weighted by molar-refractivity contribution is -0.384. The van der Waals surface area contributed by atoms with E-state index >= 15 is 0 Å². The number of aromatic amines is 1. The molecule has 6 nitrogen and oxygen atoms in total. The molecule has 1 N–H and O–H groups in total. The number of H-pyrrole nitrogens is 1. The molecule has 0 radical (unpaired) electrons. The van der Waals surface area contributed by atoms with Crippen molar-refractivity contribution in [2.45, 2.75) is 0 Å². The summed E-state index contributed by atoms with van der Waals surface area (Å²) >= 11 is 3.17. The molecule has 2 aromatic rings. The zero-order valence-electron chi connectivity index (χ0n) is 8.38. The van der Waals surface area contributed by atoms with E-state index in [-0.39, 0.29) is 16.8 Å². The van der Waals surface area contributed by atoms with Crippen LogP contribution in [0.25, 0.3) is 11.1 Å². The molecule has 0 atom stereocenters. The van der Waals surface area contributed by atoms with E-state index in [1.165, 1.54) is 24.7 Å². The summed E-state index contributed by atoms with van der Waals surface area (Å²) in [6.45, 7) is 0. The van der Waals surface area contributed by atoms with Crippen molar-refractivity contribution in [3.63, 3.8) is 0 Å². The van der Waals surface area contributed by atoms with Crippen LogP contribution in [-0.2, 0) is 0 Å². The van der Waals surface area contributed by atoms with Crippen LogP contribution < -0.4 is 5.56 Å². The minimum Gasteiger partial charge on any atom is -0.313 e. The number of nitro benzene ring substituents is 1. The van der Waals surface area contributed by atoms with Gasteiger partial charge in [-0.05, 0) is 11.6 Å². The van der Waals surface area contributed by atoms with Crippen LogP contribution in [0.15, 0.2) is 40.0 Å². The Morgan fingerprint density at radius 2 is 2.12 bits per heavy atom. The summed E-state index contributed by atoms with van der Waals surface area (Å²) in [5.74, 6) is 0. The summed E-state index contributed by atoms with van der Waals surface area (Å²) in [4.78, 5) is 27.9. The first kappa shape index (κ1) is 11.5. The molecule has 0 unspecified atom stereocenters. The Kier molecular flexibility index (Phi) is 3.01. The third-order valence-electron chi connectivity index (χ3n) is 2.12. The minimum absolute atomic E-state index is 0.0855. The SMILES string of the molecule is O=c1[nH]cncc1-c1cc(Br)cc([N+](=O)[O-])c1. The Morgan fingerprint density at radius 3 is 2.76 bits per heavy atom. The average Bonchev–Trinajstić information content (AvgIpc) is 2.28. The maximum Gasteiger partial charge on any atom is 0.271 e. The zero-order chi connectivity index (χ0) is 12.4. The van der Waals surface area contributed by atoms with Crippen LogP contribution in [0.1, 0.15) is 0 Å². The average molecular weight is 296 g/mol. The highest BCUT2D eigenvalue weighted by Gasteiger charge is 2.11. The van der Waals surface area contributed by atoms with E-state index in [2.05, 4.69) is 25.9 Å². The third kappa shape index (κ3) is 2.39. The van der Waals surface area contributed by atoms with Crippen LogP contribution in [0.3, 0.4) is 0 Å². The zero-order valence-corrected chi connectivity index (χ0v) is 9.97. The van der Waals surface area contributed by atoms with Gasteiger partial charge in [-0.25, -0.2) is 4.98 Å². The van der Waals surface area contributed by atoms with Crippen LogP contribution in [0.2, 0.25) is 0 Å². The van der Waals surface area contributed by atoms with Crippen molar-refractivity contribution >= 4 is 21.6 Å². The van der Waals surface area contributed by atoms with E-state index in [1.54, 1.807) is 6.07 Å². The second-order valence-corrected chi connectivity index (χ2v) is 4.17. The lowest BCUT2D eigenvalue weighted by Gasteiger charge is -2.01. The summed E-state index contributed by atoms with van der Waals surface area (Å²) in [7, 11) is 0. The molecular weight excluding hydrogens is 290 g/mol. The molecule has 17 heavy (non-hydrogen) atoms. The fourth-order valence-electron chi connectivity index (χ4n) is 1.38. The normalized spacial score (nSPS) is 10.2. The van der Waals surface area contributed by atoms with Crippen LogP contribution in [0.4, 0.5) is 5.69 Å². The maximum atomic E-state index is 11.5. The van der Waals surface area contributed by atoms with Crippen molar-refractivity contribution in [2.24, 2.45) is 0 Å². The monoisotopic (exact) mass is 295 g/mol. The predicted molar refractivity (Wildman–Crippen MR) is 64.6 cm³/mol. The van der Waals surface area contributed by atoms with E-state index < -0.39 is 4.92 Å². The Labute approximate surface area is 104 Å². The highest BCUT2D eigenvalue weighted by atomic mass is 79.9. The molecule has 0 saturated heterocycles. The topological polar surface area (TPSA) is 88.9 Å². The van der Waals surface area contributed by atoms with Gasteiger partial charge >= 0.3 is 0 Å². The van der Waals surface area contributed by atoms with E-state index in [9.17, 15) is 14.9 Å². The van der Waals surface area contributed by atoms with Gasteiger partial charge in [-0.2, -0.15) is 0 Å². The lowest BCUT2D eigenvalue weighted by atomic mass is 10.1. The highest BCUT2D eigenvalue weighted by Crippen LogP contribution is 2.26. The molecule has 0 spiro atoms. The molecule has 0 saturated carbocycles. The van der Waals surface area contributed by atoms with Gasteiger partial charge in [0.25, 0.3) is 11.2 Å². The van der Waals surface area contributed by atoms with Crippen molar-refractivity contribution in [2.75, 3.05) is 0 Å². The molecule has 0 aliphatic rings. The second kappa shape index (κ2) is 4.46. The highest BCUT2D eigenvalue weighted by molar-refractivity contribution is 9.10. The molecule has 0 aliphatic carbocycles. The number of nitro groups is 1. The van der Waals surface area contributed by atoms with Gasteiger partial charge < -0.3 is 4.98 Å². The molecule has 1 aromatic heterocycles. The van der Waals surface area contributed by atoms with Crippen LogP contribution in [-0.4, -0.2) is 14.9 Å².